The summed E-state index contributed by atoms with van der Waals surface area (Å²) in [6, 6.07) is 10.3. The van der Waals surface area contributed by atoms with Gasteiger partial charge in [0.15, 0.2) is 11.5 Å². The third-order valence-corrected chi connectivity index (χ3v) is 4.65. The average Bonchev–Trinajstić information content (AvgIpc) is 2.58. The van der Waals surface area contributed by atoms with E-state index in [1.165, 1.54) is 12.1 Å². The molecule has 0 saturated carbocycles. The number of benzene rings is 2. The number of aromatic hydroxyl groups is 3. The molecule has 128 valence electrons. The Morgan fingerprint density at radius 3 is 2.56 bits per heavy atom. The Kier molecular flexibility index (Phi) is 6.22. The highest BCUT2D eigenvalue weighted by molar-refractivity contribution is 14.1. The van der Waals surface area contributed by atoms with Gasteiger partial charge < -0.3 is 20.6 Å². The predicted octanol–water partition coefficient (Wildman–Crippen LogP) is 3.74. The fourth-order valence-electron chi connectivity index (χ4n) is 2.05. The van der Waals surface area contributed by atoms with E-state index in [0.717, 1.165) is 11.1 Å². The number of phenols is 3. The van der Waals surface area contributed by atoms with Crippen LogP contribution in [0.5, 0.6) is 17.2 Å². The van der Waals surface area contributed by atoms with Gasteiger partial charge >= 0.3 is 0 Å². The minimum Gasteiger partial charge on any atom is -0.508 e. The van der Waals surface area contributed by atoms with Crippen LogP contribution in [-0.4, -0.2) is 20.3 Å². The smallest absolute Gasteiger partial charge is 0.171 e. The molecule has 0 amide bonds. The second-order valence-electron chi connectivity index (χ2n) is 5.34. The highest BCUT2D eigenvalue weighted by Crippen LogP contribution is 2.32. The normalized spacial score (nSPS) is 11.0. The molecule has 2 aromatic carbocycles. The van der Waals surface area contributed by atoms with Gasteiger partial charge in [-0.1, -0.05) is 24.4 Å². The second-order valence-corrected chi connectivity index (χ2v) is 6.91. The summed E-state index contributed by atoms with van der Waals surface area (Å²) in [4.78, 5) is 0.255. The van der Waals surface area contributed by atoms with Crippen molar-refractivity contribution in [1.29, 1.82) is 5.26 Å². The molecular formula is C18H15IN2O3S. The molecule has 0 aliphatic heterocycles. The summed E-state index contributed by atoms with van der Waals surface area (Å²) in [6.07, 6.45) is 1.53. The molecule has 0 fully saturated rings. The van der Waals surface area contributed by atoms with Crippen molar-refractivity contribution in [2.75, 3.05) is 0 Å². The van der Waals surface area contributed by atoms with Crippen LogP contribution in [0.15, 0.2) is 35.9 Å². The second kappa shape index (κ2) is 8.18. The third kappa shape index (κ3) is 4.84. The first kappa shape index (κ1) is 19.0. The van der Waals surface area contributed by atoms with Crippen LogP contribution in [0.3, 0.4) is 0 Å². The van der Waals surface area contributed by atoms with E-state index in [0.29, 0.717) is 15.7 Å². The summed E-state index contributed by atoms with van der Waals surface area (Å²) in [5, 5.41) is 41.3. The van der Waals surface area contributed by atoms with E-state index in [2.05, 4.69) is 5.32 Å². The van der Waals surface area contributed by atoms with Gasteiger partial charge in [0.25, 0.3) is 0 Å². The molecule has 0 saturated heterocycles. The topological polar surface area (TPSA) is 96.5 Å². The Labute approximate surface area is 164 Å². The summed E-state index contributed by atoms with van der Waals surface area (Å²) >= 11 is 7.13. The quantitative estimate of drug-likeness (QED) is 0.180. The summed E-state index contributed by atoms with van der Waals surface area (Å²) in [7, 11) is 0. The predicted molar refractivity (Wildman–Crippen MR) is 108 cm³/mol. The molecule has 5 nitrogen and oxygen atoms in total. The number of nitriles is 1. The van der Waals surface area contributed by atoms with Crippen LogP contribution in [0.25, 0.3) is 6.08 Å². The lowest BCUT2D eigenvalue weighted by Gasteiger charge is -2.09. The van der Waals surface area contributed by atoms with Crippen LogP contribution in [0.4, 0.5) is 0 Å². The maximum atomic E-state index is 9.72. The van der Waals surface area contributed by atoms with Crippen molar-refractivity contribution in [2.45, 2.75) is 13.5 Å². The minimum absolute atomic E-state index is 0.198. The van der Waals surface area contributed by atoms with Crippen LogP contribution >= 0.6 is 34.8 Å². The fourth-order valence-corrected chi connectivity index (χ4v) is 2.86. The van der Waals surface area contributed by atoms with Gasteiger partial charge in [-0.05, 0) is 70.5 Å². The Balaban J connectivity index is 2.15. The van der Waals surface area contributed by atoms with Crippen molar-refractivity contribution in [3.8, 4) is 23.3 Å². The third-order valence-electron chi connectivity index (χ3n) is 3.47. The lowest BCUT2D eigenvalue weighted by atomic mass is 10.1. The monoisotopic (exact) mass is 466 g/mol. The molecular weight excluding hydrogens is 451 g/mol. The highest BCUT2D eigenvalue weighted by atomic mass is 127. The Morgan fingerprint density at radius 1 is 1.24 bits per heavy atom. The molecule has 0 unspecified atom stereocenters. The van der Waals surface area contributed by atoms with Gasteiger partial charge in [0.1, 0.15) is 16.8 Å². The van der Waals surface area contributed by atoms with Crippen molar-refractivity contribution in [3.05, 3.63) is 56.2 Å². The van der Waals surface area contributed by atoms with Gasteiger partial charge in [-0.3, -0.25) is 0 Å². The summed E-state index contributed by atoms with van der Waals surface area (Å²) in [5.41, 5.74) is 2.39. The van der Waals surface area contributed by atoms with Gasteiger partial charge in [0, 0.05) is 6.54 Å². The highest BCUT2D eigenvalue weighted by Gasteiger charge is 2.09. The molecule has 2 aromatic rings. The zero-order valence-corrected chi connectivity index (χ0v) is 16.2. The molecule has 0 heterocycles. The molecule has 4 N–H and O–H groups in total. The van der Waals surface area contributed by atoms with Crippen molar-refractivity contribution in [1.82, 2.24) is 5.32 Å². The maximum Gasteiger partial charge on any atom is 0.171 e. The summed E-state index contributed by atoms with van der Waals surface area (Å²) < 4.78 is 0.468. The van der Waals surface area contributed by atoms with E-state index < -0.39 is 0 Å². The Hall–Kier alpha value is -2.31. The number of thiocarbonyl (C=S) groups is 1. The van der Waals surface area contributed by atoms with Crippen molar-refractivity contribution in [2.24, 2.45) is 0 Å². The number of hydrogen-bond acceptors (Lipinski definition) is 5. The van der Waals surface area contributed by atoms with E-state index in [1.807, 2.05) is 41.7 Å². The van der Waals surface area contributed by atoms with E-state index in [-0.39, 0.29) is 27.8 Å². The van der Waals surface area contributed by atoms with Gasteiger partial charge in [-0.2, -0.15) is 5.26 Å². The molecule has 7 heteroatoms. The lowest BCUT2D eigenvalue weighted by molar-refractivity contribution is 0.401. The molecule has 0 aliphatic carbocycles. The summed E-state index contributed by atoms with van der Waals surface area (Å²) in [6.45, 7) is 2.17. The minimum atomic E-state index is -0.260. The van der Waals surface area contributed by atoms with Gasteiger partial charge in [-0.15, -0.1) is 0 Å². The van der Waals surface area contributed by atoms with Crippen molar-refractivity contribution < 1.29 is 15.3 Å². The number of nitrogens with zero attached hydrogens (tertiary/aromatic N) is 1. The largest absolute Gasteiger partial charge is 0.508 e. The Morgan fingerprint density at radius 2 is 1.96 bits per heavy atom. The molecule has 0 radical (unpaired) electrons. The first-order chi connectivity index (χ1) is 11.8. The van der Waals surface area contributed by atoms with Gasteiger partial charge in [-0.25, -0.2) is 0 Å². The maximum absolute atomic E-state index is 9.72. The molecule has 0 atom stereocenters. The number of rotatable bonds is 4. The molecule has 0 aromatic heterocycles. The zero-order chi connectivity index (χ0) is 18.6. The van der Waals surface area contributed by atoms with E-state index in [9.17, 15) is 20.6 Å². The van der Waals surface area contributed by atoms with Crippen LogP contribution in [-0.2, 0) is 6.54 Å². The van der Waals surface area contributed by atoms with Crippen LogP contribution < -0.4 is 5.32 Å². The number of phenolic OH excluding ortho intramolecular Hbond substituents is 3. The molecule has 0 aliphatic rings. The number of aryl methyl sites for hydroxylation is 1. The fraction of sp³-hybridized carbons (Fsp3) is 0.111. The van der Waals surface area contributed by atoms with E-state index in [1.54, 1.807) is 18.2 Å². The van der Waals surface area contributed by atoms with Crippen LogP contribution in [0.2, 0.25) is 0 Å². The SMILES string of the molecule is Cc1ccc(CNC(=S)/C(C#N)=C/c2cc(O)c(O)c(I)c2)cc1O. The number of halogens is 1. The molecule has 0 spiro atoms. The van der Waals surface area contributed by atoms with Crippen LogP contribution in [0, 0.1) is 21.8 Å². The number of nitrogens with one attached hydrogen (secondary N) is 1. The lowest BCUT2D eigenvalue weighted by Crippen LogP contribution is -2.22. The number of hydrogen-bond donors (Lipinski definition) is 4. The van der Waals surface area contributed by atoms with E-state index in [4.69, 9.17) is 12.2 Å². The average molecular weight is 466 g/mol. The molecule has 25 heavy (non-hydrogen) atoms. The van der Waals surface area contributed by atoms with Crippen molar-refractivity contribution in [3.63, 3.8) is 0 Å². The summed E-state index contributed by atoms with van der Waals surface area (Å²) in [5.74, 6) is -0.254. The Bertz CT molecular complexity index is 881. The van der Waals surface area contributed by atoms with Gasteiger partial charge in [0.2, 0.25) is 0 Å². The van der Waals surface area contributed by atoms with Gasteiger partial charge in [0.05, 0.1) is 9.14 Å². The van der Waals surface area contributed by atoms with Crippen LogP contribution in [0.1, 0.15) is 16.7 Å². The molecule has 0 bridgehead atoms. The zero-order valence-electron chi connectivity index (χ0n) is 13.2. The standard InChI is InChI=1S/C18H15IN2O3S/c1-10-2-3-11(6-15(10)22)9-21-18(25)13(8-20)4-12-5-14(19)17(24)16(23)7-12/h2-7,22-24H,9H2,1H3,(H,21,25)/b13-4+. The molecule has 2 rings (SSSR count). The first-order valence-corrected chi connectivity index (χ1v) is 8.70. The van der Waals surface area contributed by atoms with Crippen molar-refractivity contribution >= 4 is 45.9 Å². The first-order valence-electron chi connectivity index (χ1n) is 7.21. The van der Waals surface area contributed by atoms with E-state index >= 15 is 0 Å².